The minimum absolute atomic E-state index is 0.106. The van der Waals surface area contributed by atoms with Gasteiger partial charge in [-0.2, -0.15) is 0 Å². The standard InChI is InChI=1S/C15H25NO4/c1-2-20-13-7-4-8-16(10-13)14(17)11-5-3-6-12(9-11)15(18)19/h11-13H,2-10H2,1H3,(H,18,19). The van der Waals surface area contributed by atoms with Crippen molar-refractivity contribution in [3.63, 3.8) is 0 Å². The van der Waals surface area contributed by atoms with Gasteiger partial charge in [0.1, 0.15) is 0 Å². The number of carbonyl (C=O) groups excluding carboxylic acids is 1. The van der Waals surface area contributed by atoms with E-state index in [2.05, 4.69) is 0 Å². The molecule has 5 heteroatoms. The van der Waals surface area contributed by atoms with Crippen LogP contribution in [-0.4, -0.2) is 47.7 Å². The van der Waals surface area contributed by atoms with E-state index in [-0.39, 0.29) is 23.8 Å². The van der Waals surface area contributed by atoms with Crippen LogP contribution < -0.4 is 0 Å². The van der Waals surface area contributed by atoms with Gasteiger partial charge in [0, 0.05) is 25.6 Å². The molecule has 1 heterocycles. The van der Waals surface area contributed by atoms with Gasteiger partial charge in [-0.25, -0.2) is 0 Å². The molecule has 0 radical (unpaired) electrons. The SMILES string of the molecule is CCOC1CCCN(C(=O)C2CCCC(C(=O)O)C2)C1. The lowest BCUT2D eigenvalue weighted by Gasteiger charge is -2.36. The molecule has 20 heavy (non-hydrogen) atoms. The van der Waals surface area contributed by atoms with Crippen molar-refractivity contribution >= 4 is 11.9 Å². The molecule has 114 valence electrons. The van der Waals surface area contributed by atoms with Gasteiger partial charge in [-0.15, -0.1) is 0 Å². The molecule has 3 atom stereocenters. The molecule has 2 fully saturated rings. The third-order valence-electron chi connectivity index (χ3n) is 4.46. The van der Waals surface area contributed by atoms with Gasteiger partial charge < -0.3 is 14.7 Å². The highest BCUT2D eigenvalue weighted by Gasteiger charge is 2.34. The fraction of sp³-hybridized carbons (Fsp3) is 0.867. The molecule has 0 bridgehead atoms. The van der Waals surface area contributed by atoms with Gasteiger partial charge in [-0.05, 0) is 39.0 Å². The number of hydrogen-bond acceptors (Lipinski definition) is 3. The van der Waals surface area contributed by atoms with E-state index in [0.29, 0.717) is 26.0 Å². The van der Waals surface area contributed by atoms with Crippen LogP contribution in [0.4, 0.5) is 0 Å². The first-order chi connectivity index (χ1) is 9.61. The van der Waals surface area contributed by atoms with E-state index in [4.69, 9.17) is 9.84 Å². The second-order valence-corrected chi connectivity index (χ2v) is 5.90. The second-order valence-electron chi connectivity index (χ2n) is 5.90. The molecule has 0 aromatic carbocycles. The molecule has 1 N–H and O–H groups in total. The number of amides is 1. The van der Waals surface area contributed by atoms with Crippen LogP contribution >= 0.6 is 0 Å². The molecular formula is C15H25NO4. The van der Waals surface area contributed by atoms with Crippen LogP contribution in [0.5, 0.6) is 0 Å². The summed E-state index contributed by atoms with van der Waals surface area (Å²) in [7, 11) is 0. The minimum atomic E-state index is -0.756. The Hall–Kier alpha value is -1.10. The van der Waals surface area contributed by atoms with E-state index in [1.54, 1.807) is 0 Å². The van der Waals surface area contributed by atoms with Crippen LogP contribution in [0.15, 0.2) is 0 Å². The zero-order valence-corrected chi connectivity index (χ0v) is 12.2. The number of aliphatic carboxylic acids is 1. The van der Waals surface area contributed by atoms with Gasteiger partial charge in [-0.1, -0.05) is 6.42 Å². The van der Waals surface area contributed by atoms with Crippen molar-refractivity contribution in [1.82, 2.24) is 4.90 Å². The Labute approximate surface area is 120 Å². The minimum Gasteiger partial charge on any atom is -0.481 e. The van der Waals surface area contributed by atoms with Crippen molar-refractivity contribution in [2.45, 2.75) is 51.6 Å². The number of hydrogen-bond donors (Lipinski definition) is 1. The maximum Gasteiger partial charge on any atom is 0.306 e. The van der Waals surface area contributed by atoms with Crippen LogP contribution in [0.1, 0.15) is 45.4 Å². The Balaban J connectivity index is 1.91. The first-order valence-electron chi connectivity index (χ1n) is 7.75. The highest BCUT2D eigenvalue weighted by Crippen LogP contribution is 2.31. The molecule has 0 aromatic rings. The average Bonchev–Trinajstić information content (AvgIpc) is 2.47. The summed E-state index contributed by atoms with van der Waals surface area (Å²) in [6.07, 6.45) is 5.03. The Morgan fingerprint density at radius 1 is 1.20 bits per heavy atom. The van der Waals surface area contributed by atoms with Crippen LogP contribution in [0.2, 0.25) is 0 Å². The Kier molecular flexibility index (Phi) is 5.40. The quantitative estimate of drug-likeness (QED) is 0.855. The highest BCUT2D eigenvalue weighted by atomic mass is 16.5. The number of carboxylic acids is 1. The lowest BCUT2D eigenvalue weighted by Crippen LogP contribution is -2.46. The molecule has 1 aliphatic heterocycles. The maximum atomic E-state index is 12.5. The number of carboxylic acid groups (broad SMARTS) is 1. The van der Waals surface area contributed by atoms with E-state index < -0.39 is 5.97 Å². The van der Waals surface area contributed by atoms with Gasteiger partial charge in [0.2, 0.25) is 5.91 Å². The average molecular weight is 283 g/mol. The third kappa shape index (κ3) is 3.72. The molecule has 0 aromatic heterocycles. The number of ether oxygens (including phenoxy) is 1. The van der Waals surface area contributed by atoms with E-state index >= 15 is 0 Å². The summed E-state index contributed by atoms with van der Waals surface area (Å²) < 4.78 is 5.62. The summed E-state index contributed by atoms with van der Waals surface area (Å²) in [6, 6.07) is 0. The zero-order chi connectivity index (χ0) is 14.5. The normalized spacial score (nSPS) is 31.1. The smallest absolute Gasteiger partial charge is 0.306 e. The number of carbonyl (C=O) groups is 2. The second kappa shape index (κ2) is 7.07. The predicted molar refractivity (Wildman–Crippen MR) is 74.3 cm³/mol. The molecular weight excluding hydrogens is 258 g/mol. The van der Waals surface area contributed by atoms with Gasteiger partial charge in [0.25, 0.3) is 0 Å². The summed E-state index contributed by atoms with van der Waals surface area (Å²) in [4.78, 5) is 25.5. The van der Waals surface area contributed by atoms with Crippen LogP contribution in [-0.2, 0) is 14.3 Å². The lowest BCUT2D eigenvalue weighted by molar-refractivity contribution is -0.146. The van der Waals surface area contributed by atoms with Gasteiger partial charge in [0.15, 0.2) is 0 Å². The lowest BCUT2D eigenvalue weighted by atomic mass is 9.80. The highest BCUT2D eigenvalue weighted by molar-refractivity contribution is 5.80. The van der Waals surface area contributed by atoms with E-state index in [1.165, 1.54) is 0 Å². The van der Waals surface area contributed by atoms with Crippen molar-refractivity contribution in [3.05, 3.63) is 0 Å². The fourth-order valence-corrected chi connectivity index (χ4v) is 3.41. The molecule has 2 aliphatic rings. The van der Waals surface area contributed by atoms with Gasteiger partial charge >= 0.3 is 5.97 Å². The molecule has 0 spiro atoms. The van der Waals surface area contributed by atoms with E-state index in [9.17, 15) is 9.59 Å². The van der Waals surface area contributed by atoms with Crippen molar-refractivity contribution in [2.24, 2.45) is 11.8 Å². The van der Waals surface area contributed by atoms with Crippen molar-refractivity contribution in [1.29, 1.82) is 0 Å². The Bertz CT molecular complexity index is 356. The molecule has 1 saturated heterocycles. The summed E-state index contributed by atoms with van der Waals surface area (Å²) in [5, 5.41) is 9.12. The first kappa shape index (κ1) is 15.3. The van der Waals surface area contributed by atoms with Crippen LogP contribution in [0.3, 0.4) is 0 Å². The number of likely N-dealkylation sites (tertiary alicyclic amines) is 1. The van der Waals surface area contributed by atoms with Gasteiger partial charge in [0.05, 0.1) is 12.0 Å². The van der Waals surface area contributed by atoms with Crippen LogP contribution in [0, 0.1) is 11.8 Å². The molecule has 1 aliphatic carbocycles. The zero-order valence-electron chi connectivity index (χ0n) is 12.2. The molecule has 5 nitrogen and oxygen atoms in total. The number of piperidine rings is 1. The van der Waals surface area contributed by atoms with E-state index in [1.807, 2.05) is 11.8 Å². The summed E-state index contributed by atoms with van der Waals surface area (Å²) in [5.74, 6) is -1.07. The summed E-state index contributed by atoms with van der Waals surface area (Å²) >= 11 is 0. The molecule has 2 rings (SSSR count). The largest absolute Gasteiger partial charge is 0.481 e. The molecule has 1 amide bonds. The van der Waals surface area contributed by atoms with Gasteiger partial charge in [-0.3, -0.25) is 9.59 Å². The summed E-state index contributed by atoms with van der Waals surface area (Å²) in [5.41, 5.74) is 0. The number of nitrogens with zero attached hydrogens (tertiary/aromatic N) is 1. The fourth-order valence-electron chi connectivity index (χ4n) is 3.41. The molecule has 3 unspecified atom stereocenters. The monoisotopic (exact) mass is 283 g/mol. The van der Waals surface area contributed by atoms with Crippen molar-refractivity contribution in [3.8, 4) is 0 Å². The predicted octanol–water partition coefficient (Wildman–Crippen LogP) is 1.90. The maximum absolute atomic E-state index is 12.5. The van der Waals surface area contributed by atoms with Crippen molar-refractivity contribution < 1.29 is 19.4 Å². The first-order valence-corrected chi connectivity index (χ1v) is 7.75. The summed E-state index contributed by atoms with van der Waals surface area (Å²) in [6.45, 7) is 4.11. The van der Waals surface area contributed by atoms with Crippen molar-refractivity contribution in [2.75, 3.05) is 19.7 Å². The number of rotatable bonds is 4. The Morgan fingerprint density at radius 2 is 1.95 bits per heavy atom. The topological polar surface area (TPSA) is 66.8 Å². The third-order valence-corrected chi connectivity index (χ3v) is 4.46. The van der Waals surface area contributed by atoms with Crippen LogP contribution in [0.25, 0.3) is 0 Å². The van der Waals surface area contributed by atoms with E-state index in [0.717, 1.165) is 32.2 Å². The Morgan fingerprint density at radius 3 is 2.65 bits per heavy atom. The molecule has 1 saturated carbocycles.